The molecular weight excluding hydrogens is 621 g/mol. The van der Waals surface area contributed by atoms with E-state index in [1.165, 1.54) is 54.9 Å². The molecule has 0 fully saturated rings. The van der Waals surface area contributed by atoms with Gasteiger partial charge in [0.05, 0.1) is 5.69 Å². The molecule has 2 heterocycles. The van der Waals surface area contributed by atoms with Crippen molar-refractivity contribution >= 4 is 44.2 Å². The summed E-state index contributed by atoms with van der Waals surface area (Å²) in [6.07, 6.45) is 8.13. The van der Waals surface area contributed by atoms with Crippen LogP contribution < -0.4 is 0 Å². The molecule has 0 amide bonds. The molecule has 0 saturated carbocycles. The van der Waals surface area contributed by atoms with Gasteiger partial charge in [-0.1, -0.05) is 121 Å². The molecule has 0 aliphatic heterocycles. The third kappa shape index (κ3) is 5.20. The Kier molecular flexibility index (Phi) is 6.91. The predicted molar refractivity (Wildman–Crippen MR) is 211 cm³/mol. The first-order chi connectivity index (χ1) is 25.2. The maximum absolute atomic E-state index is 5.16. The largest absolute Gasteiger partial charge is 0.264 e. The summed E-state index contributed by atoms with van der Waals surface area (Å²) in [5, 5.41) is 15.1. The molecule has 7 aromatic carbocycles. The van der Waals surface area contributed by atoms with Crippen molar-refractivity contribution in [2.45, 2.75) is 12.8 Å². The minimum atomic E-state index is 0.864. The van der Waals surface area contributed by atoms with E-state index in [0.717, 1.165) is 51.8 Å². The van der Waals surface area contributed by atoms with Crippen LogP contribution in [0.4, 0.5) is 0 Å². The fourth-order valence-corrected chi connectivity index (χ4v) is 7.67. The second-order valence-electron chi connectivity index (χ2n) is 13.3. The first kappa shape index (κ1) is 29.3. The van der Waals surface area contributed by atoms with E-state index in [1.807, 2.05) is 18.5 Å². The number of rotatable bonds is 5. The Hall–Kier alpha value is -6.65. The number of benzene rings is 7. The highest BCUT2D eigenvalue weighted by Gasteiger charge is 2.18. The number of pyridine rings is 1. The fourth-order valence-electron chi connectivity index (χ4n) is 7.67. The molecule has 0 bridgehead atoms. The highest BCUT2D eigenvalue weighted by Crippen LogP contribution is 2.39. The molecule has 51 heavy (non-hydrogen) atoms. The van der Waals surface area contributed by atoms with E-state index >= 15 is 0 Å². The quantitative estimate of drug-likeness (QED) is 0.186. The van der Waals surface area contributed by atoms with Gasteiger partial charge in [0.1, 0.15) is 11.0 Å². The zero-order valence-corrected chi connectivity index (χ0v) is 27.9. The molecule has 0 N–H and O–H groups in total. The first-order valence-electron chi connectivity index (χ1n) is 17.5. The summed E-state index contributed by atoms with van der Waals surface area (Å²) in [4.78, 5) is 6.11. The maximum atomic E-state index is 5.16. The molecule has 2 aromatic heterocycles. The fraction of sp³-hybridized carbons (Fsp3) is 0.0426. The van der Waals surface area contributed by atoms with Crippen molar-refractivity contribution in [3.8, 4) is 39.1 Å². The van der Waals surface area contributed by atoms with Crippen LogP contribution in [0.1, 0.15) is 23.1 Å². The Balaban J connectivity index is 1.07. The van der Waals surface area contributed by atoms with Crippen molar-refractivity contribution in [3.05, 3.63) is 181 Å². The van der Waals surface area contributed by atoms with Crippen LogP contribution in [-0.4, -0.2) is 20.0 Å². The number of allylic oxidation sites excluding steroid dienone is 1. The van der Waals surface area contributed by atoms with Crippen LogP contribution in [-0.2, 0) is 6.42 Å². The van der Waals surface area contributed by atoms with Gasteiger partial charge in [0, 0.05) is 23.5 Å². The van der Waals surface area contributed by atoms with E-state index in [4.69, 9.17) is 10.2 Å². The number of aryl methyl sites for hydroxylation is 1. The highest BCUT2D eigenvalue weighted by atomic mass is 15.5. The molecular formula is C47H32N4. The summed E-state index contributed by atoms with van der Waals surface area (Å²) in [6, 6.07) is 54.2. The van der Waals surface area contributed by atoms with Crippen molar-refractivity contribution in [1.29, 1.82) is 0 Å². The molecule has 240 valence electrons. The third-order valence-electron chi connectivity index (χ3n) is 10.3. The molecule has 0 radical (unpaired) electrons. The lowest BCUT2D eigenvalue weighted by Crippen LogP contribution is -2.01. The lowest BCUT2D eigenvalue weighted by Gasteiger charge is -2.18. The van der Waals surface area contributed by atoms with Crippen LogP contribution >= 0.6 is 0 Å². The number of fused-ring (bicyclic) bond motifs is 4. The summed E-state index contributed by atoms with van der Waals surface area (Å²) < 4.78 is 0. The highest BCUT2D eigenvalue weighted by molar-refractivity contribution is 6.06. The summed E-state index contributed by atoms with van der Waals surface area (Å²) in [7, 11) is 0. The minimum Gasteiger partial charge on any atom is -0.264 e. The molecule has 4 heteroatoms. The number of aromatic nitrogens is 4. The van der Waals surface area contributed by atoms with Crippen molar-refractivity contribution in [2.75, 3.05) is 0 Å². The monoisotopic (exact) mass is 652 g/mol. The number of hydrogen-bond acceptors (Lipinski definition) is 3. The molecule has 1 aliphatic carbocycles. The summed E-state index contributed by atoms with van der Waals surface area (Å²) in [5.41, 5.74) is 14.8. The normalized spacial score (nSPS) is 12.7. The molecule has 1 aliphatic rings. The van der Waals surface area contributed by atoms with E-state index in [9.17, 15) is 0 Å². The SMILES string of the molecule is C1=C(c2ccc(-n3nc4cc(-c5cccc6ccccc56)cc(-c5cccc6ccccc56)c4n3)cc2)CCc2ccc(-c3cccnc3)cc21. The molecule has 0 unspecified atom stereocenters. The zero-order valence-electron chi connectivity index (χ0n) is 27.9. The van der Waals surface area contributed by atoms with Crippen LogP contribution in [0.2, 0.25) is 0 Å². The van der Waals surface area contributed by atoms with E-state index in [1.54, 1.807) is 4.80 Å². The first-order valence-corrected chi connectivity index (χ1v) is 17.5. The minimum absolute atomic E-state index is 0.864. The summed E-state index contributed by atoms with van der Waals surface area (Å²) in [5.74, 6) is 0. The van der Waals surface area contributed by atoms with E-state index in [0.29, 0.717) is 0 Å². The lowest BCUT2D eigenvalue weighted by atomic mass is 9.87. The van der Waals surface area contributed by atoms with Crippen molar-refractivity contribution in [2.24, 2.45) is 0 Å². The van der Waals surface area contributed by atoms with E-state index in [-0.39, 0.29) is 0 Å². The topological polar surface area (TPSA) is 43.6 Å². The standard InChI is InChI=1S/C47H32N4/c1-3-13-41-33(8-1)10-5-15-43(41)39-28-45(44-16-6-11-34-9-2-4-14-42(34)44)47-46(29-39)49-51(50-47)40-23-21-31(22-24-40)35-19-17-32-18-20-36(27-38(32)26-35)37-12-7-25-48-30-37/h1-16,18,20-30H,17,19H2. The molecule has 0 saturated heterocycles. The van der Waals surface area contributed by atoms with Crippen LogP contribution in [0.3, 0.4) is 0 Å². The number of nitrogens with zero attached hydrogens (tertiary/aromatic N) is 4. The van der Waals surface area contributed by atoms with Gasteiger partial charge in [-0.05, 0) is 115 Å². The summed E-state index contributed by atoms with van der Waals surface area (Å²) >= 11 is 0. The molecule has 4 nitrogen and oxygen atoms in total. The smallest absolute Gasteiger partial charge is 0.121 e. The molecule has 0 spiro atoms. The number of hydrogen-bond donors (Lipinski definition) is 0. The van der Waals surface area contributed by atoms with Crippen molar-refractivity contribution in [1.82, 2.24) is 20.0 Å². The Bertz CT molecular complexity index is 2780. The molecule has 9 aromatic rings. The van der Waals surface area contributed by atoms with Gasteiger partial charge in [-0.15, -0.1) is 10.2 Å². The van der Waals surface area contributed by atoms with Gasteiger partial charge in [-0.25, -0.2) is 0 Å². The van der Waals surface area contributed by atoms with Gasteiger partial charge in [0.15, 0.2) is 0 Å². The maximum Gasteiger partial charge on any atom is 0.121 e. The van der Waals surface area contributed by atoms with E-state index in [2.05, 4.69) is 157 Å². The molecule has 10 rings (SSSR count). The Morgan fingerprint density at radius 2 is 1.22 bits per heavy atom. The Labute approximate surface area is 296 Å². The second kappa shape index (κ2) is 12.0. The van der Waals surface area contributed by atoms with Gasteiger partial charge in [-0.2, -0.15) is 4.80 Å². The second-order valence-corrected chi connectivity index (χ2v) is 13.3. The van der Waals surface area contributed by atoms with Gasteiger partial charge >= 0.3 is 0 Å². The third-order valence-corrected chi connectivity index (χ3v) is 10.3. The zero-order chi connectivity index (χ0) is 33.7. The van der Waals surface area contributed by atoms with Crippen LogP contribution in [0.25, 0.3) is 83.3 Å². The summed E-state index contributed by atoms with van der Waals surface area (Å²) in [6.45, 7) is 0. The van der Waals surface area contributed by atoms with Gasteiger partial charge in [0.25, 0.3) is 0 Å². The van der Waals surface area contributed by atoms with E-state index < -0.39 is 0 Å². The van der Waals surface area contributed by atoms with Crippen LogP contribution in [0, 0.1) is 0 Å². The van der Waals surface area contributed by atoms with Crippen LogP contribution in [0.5, 0.6) is 0 Å². The van der Waals surface area contributed by atoms with Crippen LogP contribution in [0.15, 0.2) is 164 Å². The van der Waals surface area contributed by atoms with Gasteiger partial charge in [-0.3, -0.25) is 4.98 Å². The molecule has 0 atom stereocenters. The lowest BCUT2D eigenvalue weighted by molar-refractivity contribution is 0.765. The van der Waals surface area contributed by atoms with Crippen molar-refractivity contribution < 1.29 is 0 Å². The van der Waals surface area contributed by atoms with Crippen molar-refractivity contribution in [3.63, 3.8) is 0 Å². The van der Waals surface area contributed by atoms with Gasteiger partial charge < -0.3 is 0 Å². The average Bonchev–Trinajstić information content (AvgIpc) is 3.65. The Morgan fingerprint density at radius 1 is 0.490 bits per heavy atom. The predicted octanol–water partition coefficient (Wildman–Crippen LogP) is 11.6. The van der Waals surface area contributed by atoms with Gasteiger partial charge in [0.2, 0.25) is 0 Å². The average molecular weight is 653 g/mol. The Morgan fingerprint density at radius 3 is 2.00 bits per heavy atom.